The number of nitrogens with two attached hydrogens (primary N) is 1. The fourth-order valence-corrected chi connectivity index (χ4v) is 4.40. The minimum atomic E-state index is -1.51. The smallest absolute Gasteiger partial charge is 0.326 e. The molecule has 2 heterocycles. The molecule has 0 fully saturated rings. The van der Waals surface area contributed by atoms with Gasteiger partial charge in [0, 0.05) is 24.1 Å². The average Bonchev–Trinajstić information content (AvgIpc) is 3.00. The molecule has 1 aromatic carbocycles. The molecular weight excluding hydrogens is 636 g/mol. The predicted molar refractivity (Wildman–Crippen MR) is 164 cm³/mol. The van der Waals surface area contributed by atoms with Crippen molar-refractivity contribution in [1.29, 1.82) is 0 Å². The molecule has 3 aromatic rings. The first-order valence-corrected chi connectivity index (χ1v) is 14.3. The summed E-state index contributed by atoms with van der Waals surface area (Å²) in [4.78, 5) is 110. The molecule has 19 nitrogen and oxygen atoms in total. The Labute approximate surface area is 270 Å². The zero-order valence-corrected chi connectivity index (χ0v) is 25.4. The van der Waals surface area contributed by atoms with Gasteiger partial charge in [0.2, 0.25) is 11.9 Å². The zero-order valence-electron chi connectivity index (χ0n) is 25.4. The van der Waals surface area contributed by atoms with E-state index < -0.39 is 90.5 Å². The number of aromatic amines is 1. The molecular formula is C29H32N8O11. The van der Waals surface area contributed by atoms with Crippen molar-refractivity contribution >= 4 is 64.1 Å². The van der Waals surface area contributed by atoms with Crippen molar-refractivity contribution in [2.24, 2.45) is 5.92 Å². The third-order valence-corrected chi connectivity index (χ3v) is 6.87. The zero-order chi connectivity index (χ0) is 35.5. The van der Waals surface area contributed by atoms with Crippen molar-refractivity contribution in [2.75, 3.05) is 11.1 Å². The van der Waals surface area contributed by atoms with Gasteiger partial charge in [0.15, 0.2) is 16.9 Å². The number of aromatic nitrogens is 4. The summed E-state index contributed by atoms with van der Waals surface area (Å²) in [7, 11) is 0. The summed E-state index contributed by atoms with van der Waals surface area (Å²) in [5.41, 5.74) is 6.10. The third kappa shape index (κ3) is 10.7. The number of carbonyl (C=O) groups is 7. The van der Waals surface area contributed by atoms with Crippen molar-refractivity contribution in [2.45, 2.75) is 57.7 Å². The second-order valence-corrected chi connectivity index (χ2v) is 10.6. The Kier molecular flexibility index (Phi) is 12.3. The quantitative estimate of drug-likeness (QED) is 0.0844. The van der Waals surface area contributed by atoms with Crippen LogP contribution >= 0.6 is 0 Å². The molecule has 0 unspecified atom stereocenters. The van der Waals surface area contributed by atoms with E-state index in [1.54, 1.807) is 12.1 Å². The lowest BCUT2D eigenvalue weighted by Crippen LogP contribution is -2.45. The lowest BCUT2D eigenvalue weighted by atomic mass is 9.94. The highest BCUT2D eigenvalue weighted by Gasteiger charge is 2.30. The van der Waals surface area contributed by atoms with Crippen LogP contribution in [0.3, 0.4) is 0 Å². The maximum absolute atomic E-state index is 12.8. The molecule has 2 amide bonds. The average molecular weight is 669 g/mol. The van der Waals surface area contributed by atoms with Crippen molar-refractivity contribution in [1.82, 2.24) is 30.6 Å². The molecule has 0 aliphatic heterocycles. The Morgan fingerprint density at radius 3 is 2.17 bits per heavy atom. The number of amides is 2. The molecule has 9 N–H and O–H groups in total. The Hall–Kier alpha value is -6.27. The van der Waals surface area contributed by atoms with Gasteiger partial charge < -0.3 is 37.0 Å². The van der Waals surface area contributed by atoms with E-state index in [2.05, 4.69) is 35.9 Å². The predicted octanol–water partition coefficient (Wildman–Crippen LogP) is -0.531. The standard InChI is InChI=1S/C29H32N8O11/c1-13(38)20(10-22(42)43)35-26(45)15(9-21(40)41)8-18(39)6-7-19(28(47)48)34-25(44)14-2-4-16(5-3-14)31-11-17-12-32-24-23(33-17)27(46)37-29(30)36-24/h2-5,12,15,19-20,31H,6-11H2,1H3,(H,34,44)(H,35,45)(H,40,41)(H,42,43)(H,47,48)(H3,30,32,36,37,46)/t15-,19+,20-/m1/s1. The SMILES string of the molecule is CC(=O)[C@@H](CC(=O)O)NC(=O)[C@@H](CC(=O)O)CC(=O)CC[C@H](NC(=O)c1ccc(NCc2cnc3nc(N)[nH]c(=O)c3n2)cc1)C(=O)O. The number of nitrogens with zero attached hydrogens (tertiary/aromatic N) is 3. The summed E-state index contributed by atoms with van der Waals surface area (Å²) in [6.45, 7) is 1.20. The highest BCUT2D eigenvalue weighted by atomic mass is 16.4. The number of carbonyl (C=O) groups excluding carboxylic acids is 4. The van der Waals surface area contributed by atoms with Crippen LogP contribution in [0.4, 0.5) is 11.6 Å². The van der Waals surface area contributed by atoms with E-state index in [-0.39, 0.29) is 35.6 Å². The van der Waals surface area contributed by atoms with Crippen LogP contribution in [0.25, 0.3) is 11.2 Å². The van der Waals surface area contributed by atoms with Gasteiger partial charge in [-0.3, -0.25) is 38.5 Å². The van der Waals surface area contributed by atoms with E-state index in [1.807, 2.05) is 0 Å². The minimum Gasteiger partial charge on any atom is -0.481 e. The number of Topliss-reactive ketones (excluding diaryl/α,β-unsaturated/α-hetero) is 2. The number of aliphatic carboxylic acids is 3. The first kappa shape index (κ1) is 36.2. The van der Waals surface area contributed by atoms with Crippen LogP contribution in [0.1, 0.15) is 55.1 Å². The third-order valence-electron chi connectivity index (χ3n) is 6.87. The first-order chi connectivity index (χ1) is 22.6. The lowest BCUT2D eigenvalue weighted by molar-refractivity contribution is -0.143. The van der Waals surface area contributed by atoms with E-state index in [9.17, 15) is 48.6 Å². The molecule has 0 radical (unpaired) electrons. The fraction of sp³-hybridized carbons (Fsp3) is 0.345. The Bertz CT molecular complexity index is 1790. The van der Waals surface area contributed by atoms with Gasteiger partial charge in [-0.05, 0) is 37.6 Å². The molecule has 0 aliphatic carbocycles. The van der Waals surface area contributed by atoms with Crippen molar-refractivity contribution in [3.05, 3.63) is 52.1 Å². The molecule has 19 heteroatoms. The number of nitrogen functional groups attached to an aromatic ring is 1. The van der Waals surface area contributed by atoms with Crippen LogP contribution in [0.2, 0.25) is 0 Å². The van der Waals surface area contributed by atoms with Crippen LogP contribution in [0, 0.1) is 5.92 Å². The Morgan fingerprint density at radius 2 is 1.56 bits per heavy atom. The van der Waals surface area contributed by atoms with Crippen molar-refractivity contribution < 1.29 is 48.9 Å². The molecule has 0 aliphatic rings. The van der Waals surface area contributed by atoms with Crippen molar-refractivity contribution in [3.8, 4) is 0 Å². The molecule has 0 saturated carbocycles. The normalized spacial score (nSPS) is 12.7. The molecule has 254 valence electrons. The van der Waals surface area contributed by atoms with Crippen LogP contribution in [-0.4, -0.2) is 88.6 Å². The second-order valence-electron chi connectivity index (χ2n) is 10.6. The number of nitrogens with one attached hydrogen (secondary N) is 4. The summed E-state index contributed by atoms with van der Waals surface area (Å²) < 4.78 is 0. The molecule has 3 rings (SSSR count). The van der Waals surface area contributed by atoms with Gasteiger partial charge in [-0.15, -0.1) is 0 Å². The van der Waals surface area contributed by atoms with Gasteiger partial charge in [0.1, 0.15) is 11.8 Å². The highest BCUT2D eigenvalue weighted by Crippen LogP contribution is 2.16. The van der Waals surface area contributed by atoms with Crippen molar-refractivity contribution in [3.63, 3.8) is 0 Å². The second kappa shape index (κ2) is 16.3. The molecule has 48 heavy (non-hydrogen) atoms. The number of rotatable bonds is 18. The number of benzene rings is 1. The molecule has 2 aromatic heterocycles. The number of fused-ring (bicyclic) bond motifs is 1. The number of carboxylic acids is 3. The maximum Gasteiger partial charge on any atom is 0.326 e. The topological polar surface area (TPSA) is 314 Å². The molecule has 0 saturated heterocycles. The fourth-order valence-electron chi connectivity index (χ4n) is 4.40. The van der Waals surface area contributed by atoms with Crippen LogP contribution < -0.4 is 27.2 Å². The summed E-state index contributed by atoms with van der Waals surface area (Å²) in [5, 5.41) is 35.2. The number of hydrogen-bond acceptors (Lipinski definition) is 13. The van der Waals surface area contributed by atoms with E-state index in [0.29, 0.717) is 11.4 Å². The first-order valence-electron chi connectivity index (χ1n) is 14.3. The number of ketones is 2. The van der Waals surface area contributed by atoms with Gasteiger partial charge in [0.05, 0.1) is 43.2 Å². The van der Waals surface area contributed by atoms with Gasteiger partial charge in [0.25, 0.3) is 11.5 Å². The van der Waals surface area contributed by atoms with E-state index in [0.717, 1.165) is 6.92 Å². The Morgan fingerprint density at radius 1 is 0.896 bits per heavy atom. The monoisotopic (exact) mass is 668 g/mol. The van der Waals surface area contributed by atoms with Gasteiger partial charge in [-0.2, -0.15) is 4.98 Å². The number of carboxylic acid groups (broad SMARTS) is 3. The van der Waals surface area contributed by atoms with Gasteiger partial charge in [-0.1, -0.05) is 0 Å². The molecule has 0 spiro atoms. The van der Waals surface area contributed by atoms with Crippen LogP contribution in [0.15, 0.2) is 35.3 Å². The number of hydrogen-bond donors (Lipinski definition) is 8. The van der Waals surface area contributed by atoms with Gasteiger partial charge >= 0.3 is 17.9 Å². The number of H-pyrrole nitrogens is 1. The summed E-state index contributed by atoms with van der Waals surface area (Å²) in [5.74, 6) is -8.95. The Balaban J connectivity index is 1.56. The van der Waals surface area contributed by atoms with E-state index >= 15 is 0 Å². The summed E-state index contributed by atoms with van der Waals surface area (Å²) >= 11 is 0. The van der Waals surface area contributed by atoms with Gasteiger partial charge in [-0.25, -0.2) is 14.8 Å². The van der Waals surface area contributed by atoms with E-state index in [4.69, 9.17) is 10.8 Å². The minimum absolute atomic E-state index is 0.00608. The molecule has 0 bridgehead atoms. The summed E-state index contributed by atoms with van der Waals surface area (Å²) in [6.07, 6.45) is -1.59. The highest BCUT2D eigenvalue weighted by molar-refractivity contribution is 5.97. The lowest BCUT2D eigenvalue weighted by Gasteiger charge is -2.19. The summed E-state index contributed by atoms with van der Waals surface area (Å²) in [6, 6.07) is 2.97. The van der Waals surface area contributed by atoms with Crippen LogP contribution in [0.5, 0.6) is 0 Å². The largest absolute Gasteiger partial charge is 0.481 e. The molecule has 3 atom stereocenters. The number of anilines is 2. The maximum atomic E-state index is 12.8. The van der Waals surface area contributed by atoms with Crippen LogP contribution in [-0.2, 0) is 35.3 Å². The van der Waals surface area contributed by atoms with E-state index in [1.165, 1.54) is 18.3 Å².